The molecule has 0 aliphatic carbocycles. The standard InChI is InChI=1S/C25H29NO3S/c1-18(14-24-6-5-13-30-24)26(16-20-7-10-23(28-3)11-8-20)17-22-15-21(19(2)27)9-12-25(22)29-4/h5-13,15,18H,14,16-17H2,1-4H3. The maximum atomic E-state index is 11.9. The number of carbonyl (C=O) groups excluding carboxylic acids is 1. The van der Waals surface area contributed by atoms with E-state index < -0.39 is 0 Å². The zero-order valence-electron chi connectivity index (χ0n) is 18.1. The first-order chi connectivity index (χ1) is 14.5. The minimum Gasteiger partial charge on any atom is -0.497 e. The number of benzene rings is 2. The number of nitrogens with zero attached hydrogens (tertiary/aromatic N) is 1. The first-order valence-corrected chi connectivity index (χ1v) is 11.0. The van der Waals surface area contributed by atoms with Crippen molar-refractivity contribution in [1.82, 2.24) is 4.90 Å². The lowest BCUT2D eigenvalue weighted by Gasteiger charge is -2.30. The molecule has 0 radical (unpaired) electrons. The van der Waals surface area contributed by atoms with Gasteiger partial charge in [-0.1, -0.05) is 18.2 Å². The summed E-state index contributed by atoms with van der Waals surface area (Å²) in [6, 6.07) is 18.5. The molecule has 0 fully saturated rings. The second-order valence-electron chi connectivity index (χ2n) is 7.47. The Labute approximate surface area is 183 Å². The number of ether oxygens (including phenoxy) is 2. The van der Waals surface area contributed by atoms with Crippen molar-refractivity contribution < 1.29 is 14.3 Å². The van der Waals surface area contributed by atoms with E-state index >= 15 is 0 Å². The molecule has 30 heavy (non-hydrogen) atoms. The van der Waals surface area contributed by atoms with Crippen LogP contribution in [0.5, 0.6) is 11.5 Å². The molecule has 4 nitrogen and oxygen atoms in total. The van der Waals surface area contributed by atoms with Crippen molar-refractivity contribution >= 4 is 17.1 Å². The van der Waals surface area contributed by atoms with Crippen LogP contribution < -0.4 is 9.47 Å². The van der Waals surface area contributed by atoms with Gasteiger partial charge in [0, 0.05) is 35.1 Å². The molecule has 5 heteroatoms. The van der Waals surface area contributed by atoms with E-state index in [1.54, 1.807) is 32.5 Å². The molecule has 0 spiro atoms. The molecule has 0 aliphatic heterocycles. The Morgan fingerprint density at radius 3 is 2.40 bits per heavy atom. The highest BCUT2D eigenvalue weighted by Crippen LogP contribution is 2.26. The number of rotatable bonds is 10. The molecule has 1 heterocycles. The van der Waals surface area contributed by atoms with Crippen LogP contribution in [0.15, 0.2) is 60.0 Å². The van der Waals surface area contributed by atoms with Crippen molar-refractivity contribution in [3.8, 4) is 11.5 Å². The molecular weight excluding hydrogens is 394 g/mol. The van der Waals surface area contributed by atoms with Crippen LogP contribution in [-0.2, 0) is 19.5 Å². The molecule has 1 atom stereocenters. The Morgan fingerprint density at radius 2 is 1.80 bits per heavy atom. The summed E-state index contributed by atoms with van der Waals surface area (Å²) in [4.78, 5) is 15.7. The predicted molar refractivity (Wildman–Crippen MR) is 123 cm³/mol. The van der Waals surface area contributed by atoms with Gasteiger partial charge in [0.25, 0.3) is 0 Å². The Kier molecular flexibility index (Phi) is 7.66. The van der Waals surface area contributed by atoms with Crippen LogP contribution in [-0.4, -0.2) is 30.9 Å². The van der Waals surface area contributed by atoms with Crippen molar-refractivity contribution in [2.45, 2.75) is 39.4 Å². The molecule has 0 aliphatic rings. The maximum absolute atomic E-state index is 11.9. The highest BCUT2D eigenvalue weighted by Gasteiger charge is 2.19. The fraction of sp³-hybridized carbons (Fsp3) is 0.320. The normalized spacial score (nSPS) is 12.0. The van der Waals surface area contributed by atoms with Gasteiger partial charge in [-0.25, -0.2) is 0 Å². The monoisotopic (exact) mass is 423 g/mol. The van der Waals surface area contributed by atoms with Gasteiger partial charge in [0.15, 0.2) is 5.78 Å². The first-order valence-electron chi connectivity index (χ1n) is 10.1. The second kappa shape index (κ2) is 10.4. The molecule has 0 amide bonds. The highest BCUT2D eigenvalue weighted by atomic mass is 32.1. The van der Waals surface area contributed by atoms with Gasteiger partial charge < -0.3 is 9.47 Å². The third-order valence-electron chi connectivity index (χ3n) is 5.31. The van der Waals surface area contributed by atoms with Crippen LogP contribution >= 0.6 is 11.3 Å². The molecule has 0 saturated heterocycles. The first kappa shape index (κ1) is 22.1. The van der Waals surface area contributed by atoms with E-state index in [0.717, 1.165) is 30.0 Å². The molecule has 1 aromatic heterocycles. The third kappa shape index (κ3) is 5.71. The molecular formula is C25H29NO3S. The van der Waals surface area contributed by atoms with E-state index in [4.69, 9.17) is 9.47 Å². The van der Waals surface area contributed by atoms with E-state index in [0.29, 0.717) is 18.2 Å². The summed E-state index contributed by atoms with van der Waals surface area (Å²) in [7, 11) is 3.36. The van der Waals surface area contributed by atoms with E-state index in [2.05, 4.69) is 41.5 Å². The Morgan fingerprint density at radius 1 is 1.03 bits per heavy atom. The minimum absolute atomic E-state index is 0.0623. The molecule has 0 bridgehead atoms. The van der Waals surface area contributed by atoms with E-state index in [1.807, 2.05) is 30.3 Å². The molecule has 0 saturated carbocycles. The zero-order valence-corrected chi connectivity index (χ0v) is 18.9. The molecule has 158 valence electrons. The molecule has 3 aromatic rings. The Bertz CT molecular complexity index is 951. The number of hydrogen-bond donors (Lipinski definition) is 0. The molecule has 3 rings (SSSR count). The lowest BCUT2D eigenvalue weighted by atomic mass is 10.0. The lowest BCUT2D eigenvalue weighted by molar-refractivity contribution is 0.101. The summed E-state index contributed by atoms with van der Waals surface area (Å²) in [5, 5.41) is 2.12. The molecule has 0 N–H and O–H groups in total. The van der Waals surface area contributed by atoms with Crippen LogP contribution in [0, 0.1) is 0 Å². The van der Waals surface area contributed by atoms with Gasteiger partial charge >= 0.3 is 0 Å². The fourth-order valence-corrected chi connectivity index (χ4v) is 4.35. The quantitative estimate of drug-likeness (QED) is 0.398. The number of carbonyl (C=O) groups is 1. The van der Waals surface area contributed by atoms with E-state index in [9.17, 15) is 4.79 Å². The summed E-state index contributed by atoms with van der Waals surface area (Å²) in [5.41, 5.74) is 2.95. The van der Waals surface area contributed by atoms with Gasteiger partial charge in [0.05, 0.1) is 14.2 Å². The SMILES string of the molecule is COc1ccc(CN(Cc2cc(C(C)=O)ccc2OC)C(C)Cc2cccs2)cc1. The lowest BCUT2D eigenvalue weighted by Crippen LogP contribution is -2.33. The number of Topliss-reactive ketones (excluding diaryl/α,β-unsaturated/α-hetero) is 1. The number of methoxy groups -OCH3 is 2. The van der Waals surface area contributed by atoms with Crippen LogP contribution in [0.2, 0.25) is 0 Å². The van der Waals surface area contributed by atoms with Crippen LogP contribution in [0.25, 0.3) is 0 Å². The Hall–Kier alpha value is -2.63. The van der Waals surface area contributed by atoms with Crippen molar-refractivity contribution in [3.05, 3.63) is 81.5 Å². The molecule has 2 aromatic carbocycles. The largest absolute Gasteiger partial charge is 0.497 e. The van der Waals surface area contributed by atoms with Crippen molar-refractivity contribution in [2.24, 2.45) is 0 Å². The smallest absolute Gasteiger partial charge is 0.159 e. The predicted octanol–water partition coefficient (Wildman–Crippen LogP) is 5.60. The van der Waals surface area contributed by atoms with Crippen LogP contribution in [0.4, 0.5) is 0 Å². The van der Waals surface area contributed by atoms with E-state index in [1.165, 1.54) is 10.4 Å². The minimum atomic E-state index is 0.0623. The second-order valence-corrected chi connectivity index (χ2v) is 8.50. The summed E-state index contributed by atoms with van der Waals surface area (Å²) >= 11 is 1.79. The van der Waals surface area contributed by atoms with Gasteiger partial charge in [-0.2, -0.15) is 0 Å². The highest BCUT2D eigenvalue weighted by molar-refractivity contribution is 7.09. The summed E-state index contributed by atoms with van der Waals surface area (Å²) in [6.07, 6.45) is 0.975. The van der Waals surface area contributed by atoms with Gasteiger partial charge in [-0.15, -0.1) is 11.3 Å². The summed E-state index contributed by atoms with van der Waals surface area (Å²) < 4.78 is 10.9. The number of thiophene rings is 1. The average Bonchev–Trinajstić information content (AvgIpc) is 3.26. The topological polar surface area (TPSA) is 38.8 Å². The van der Waals surface area contributed by atoms with Gasteiger partial charge in [0.2, 0.25) is 0 Å². The van der Waals surface area contributed by atoms with Crippen molar-refractivity contribution in [3.63, 3.8) is 0 Å². The maximum Gasteiger partial charge on any atom is 0.159 e. The van der Waals surface area contributed by atoms with Crippen LogP contribution in [0.1, 0.15) is 40.2 Å². The third-order valence-corrected chi connectivity index (χ3v) is 6.20. The van der Waals surface area contributed by atoms with Crippen molar-refractivity contribution in [1.29, 1.82) is 0 Å². The number of ketones is 1. The summed E-state index contributed by atoms with van der Waals surface area (Å²) in [6.45, 7) is 5.34. The fourth-order valence-electron chi connectivity index (χ4n) is 3.52. The van der Waals surface area contributed by atoms with Gasteiger partial charge in [-0.05, 0) is 67.6 Å². The number of hydrogen-bond acceptors (Lipinski definition) is 5. The zero-order chi connectivity index (χ0) is 21.5. The van der Waals surface area contributed by atoms with Crippen LogP contribution in [0.3, 0.4) is 0 Å². The van der Waals surface area contributed by atoms with Gasteiger partial charge in [-0.3, -0.25) is 9.69 Å². The Balaban J connectivity index is 1.87. The molecule has 1 unspecified atom stereocenters. The van der Waals surface area contributed by atoms with Gasteiger partial charge in [0.1, 0.15) is 11.5 Å². The van der Waals surface area contributed by atoms with Crippen molar-refractivity contribution in [2.75, 3.05) is 14.2 Å². The van der Waals surface area contributed by atoms with E-state index in [-0.39, 0.29) is 5.78 Å². The average molecular weight is 424 g/mol. The summed E-state index contributed by atoms with van der Waals surface area (Å²) in [5.74, 6) is 1.73.